The van der Waals surface area contributed by atoms with Gasteiger partial charge in [-0.1, -0.05) is 60.7 Å². The summed E-state index contributed by atoms with van der Waals surface area (Å²) >= 11 is 0. The Morgan fingerprint density at radius 1 is 0.531 bits per heavy atom. The summed E-state index contributed by atoms with van der Waals surface area (Å²) in [6.07, 6.45) is 8.36. The predicted octanol–water partition coefficient (Wildman–Crippen LogP) is 7.74. The number of hydrogen-bond donors (Lipinski definition) is 0. The molecule has 3 aromatic carbocycles. The monoisotopic (exact) mass is 416 g/mol. The Bertz CT molecular complexity index is 1290. The van der Waals surface area contributed by atoms with Crippen LogP contribution >= 0.6 is 0 Å². The van der Waals surface area contributed by atoms with Gasteiger partial charge in [-0.2, -0.15) is 0 Å². The van der Waals surface area contributed by atoms with E-state index in [-0.39, 0.29) is 0 Å². The minimum Gasteiger partial charge on any atom is -0.244 e. The summed E-state index contributed by atoms with van der Waals surface area (Å²) in [4.78, 5) is 10.5. The lowest BCUT2D eigenvalue weighted by Crippen LogP contribution is -2.24. The Morgan fingerprint density at radius 2 is 1.06 bits per heavy atom. The van der Waals surface area contributed by atoms with E-state index in [4.69, 9.17) is 9.97 Å². The molecule has 2 atom stereocenters. The van der Waals surface area contributed by atoms with Crippen LogP contribution in [0.3, 0.4) is 0 Å². The van der Waals surface area contributed by atoms with E-state index in [0.29, 0.717) is 0 Å². The highest BCUT2D eigenvalue weighted by Gasteiger charge is 2.39. The average molecular weight is 417 g/mol. The Morgan fingerprint density at radius 3 is 1.66 bits per heavy atom. The fourth-order valence-corrected chi connectivity index (χ4v) is 6.66. The number of hydrogen-bond acceptors (Lipinski definition) is 2. The second-order valence-corrected chi connectivity index (χ2v) is 10.3. The van der Waals surface area contributed by atoms with Gasteiger partial charge in [0.1, 0.15) is 0 Å². The van der Waals surface area contributed by atoms with Gasteiger partial charge in [0.05, 0.1) is 22.4 Å². The SMILES string of the molecule is c1ccc(-c2nc3cc4c(cc3nc2-c2ccccc2)C2CC(CC3CCC4C3)C2)cc1. The van der Waals surface area contributed by atoms with E-state index >= 15 is 0 Å². The van der Waals surface area contributed by atoms with Crippen molar-refractivity contribution in [2.45, 2.75) is 50.4 Å². The molecule has 2 heteroatoms. The molecule has 4 aromatic rings. The zero-order valence-electron chi connectivity index (χ0n) is 18.4. The zero-order valence-corrected chi connectivity index (χ0v) is 18.4. The molecule has 0 spiro atoms. The first kappa shape index (κ1) is 18.6. The van der Waals surface area contributed by atoms with Crippen molar-refractivity contribution in [3.63, 3.8) is 0 Å². The van der Waals surface area contributed by atoms with Crippen molar-refractivity contribution in [3.05, 3.63) is 83.9 Å². The van der Waals surface area contributed by atoms with Crippen molar-refractivity contribution in [2.75, 3.05) is 0 Å². The molecular weight excluding hydrogens is 388 g/mol. The molecule has 0 saturated heterocycles. The molecule has 4 bridgehead atoms. The van der Waals surface area contributed by atoms with Gasteiger partial charge in [0.25, 0.3) is 0 Å². The van der Waals surface area contributed by atoms with E-state index in [1.807, 2.05) is 0 Å². The van der Waals surface area contributed by atoms with Gasteiger partial charge in [0.2, 0.25) is 0 Å². The van der Waals surface area contributed by atoms with E-state index in [9.17, 15) is 0 Å². The molecule has 2 fully saturated rings. The summed E-state index contributed by atoms with van der Waals surface area (Å²) in [6.45, 7) is 0. The van der Waals surface area contributed by atoms with Crippen LogP contribution in [0.1, 0.15) is 61.5 Å². The van der Waals surface area contributed by atoms with Crippen LogP contribution in [0, 0.1) is 11.8 Å². The van der Waals surface area contributed by atoms with Gasteiger partial charge in [-0.25, -0.2) is 9.97 Å². The molecule has 0 amide bonds. The fourth-order valence-electron chi connectivity index (χ4n) is 6.66. The van der Waals surface area contributed by atoms with E-state index in [1.54, 1.807) is 11.1 Å². The van der Waals surface area contributed by atoms with Crippen LogP contribution in [0.2, 0.25) is 0 Å². The van der Waals surface area contributed by atoms with Crippen molar-refractivity contribution in [3.8, 4) is 22.5 Å². The van der Waals surface area contributed by atoms with Crippen molar-refractivity contribution >= 4 is 11.0 Å². The minimum atomic E-state index is 0.717. The lowest BCUT2D eigenvalue weighted by atomic mass is 9.67. The number of rotatable bonds is 2. The van der Waals surface area contributed by atoms with Gasteiger partial charge in [-0.05, 0) is 85.5 Å². The first-order valence-corrected chi connectivity index (χ1v) is 12.3. The smallest absolute Gasteiger partial charge is 0.0973 e. The second kappa shape index (κ2) is 7.27. The first-order valence-electron chi connectivity index (χ1n) is 12.3. The molecule has 0 aliphatic heterocycles. The van der Waals surface area contributed by atoms with Crippen LogP contribution in [-0.4, -0.2) is 9.97 Å². The number of benzene rings is 3. The van der Waals surface area contributed by atoms with Gasteiger partial charge in [0.15, 0.2) is 0 Å². The summed E-state index contributed by atoms with van der Waals surface area (Å²) in [7, 11) is 0. The minimum absolute atomic E-state index is 0.717. The highest BCUT2D eigenvalue weighted by Crippen LogP contribution is 2.54. The summed E-state index contributed by atoms with van der Waals surface area (Å²) in [5.74, 6) is 3.35. The first-order chi connectivity index (χ1) is 15.8. The molecule has 4 aliphatic rings. The third-order valence-electron chi connectivity index (χ3n) is 8.29. The van der Waals surface area contributed by atoms with Crippen LogP contribution in [0.15, 0.2) is 72.8 Å². The molecular formula is C30H28N2. The third-order valence-corrected chi connectivity index (χ3v) is 8.29. The molecule has 4 aliphatic carbocycles. The van der Waals surface area contributed by atoms with E-state index in [1.165, 1.54) is 38.5 Å². The normalized spacial score (nSPS) is 26.0. The van der Waals surface area contributed by atoms with Crippen molar-refractivity contribution in [2.24, 2.45) is 11.8 Å². The molecule has 8 rings (SSSR count). The van der Waals surface area contributed by atoms with Crippen LogP contribution in [-0.2, 0) is 0 Å². The molecule has 1 aromatic heterocycles. The molecule has 1 heterocycles. The fraction of sp³-hybridized carbons (Fsp3) is 0.333. The topological polar surface area (TPSA) is 25.8 Å². The van der Waals surface area contributed by atoms with Gasteiger partial charge >= 0.3 is 0 Å². The van der Waals surface area contributed by atoms with Gasteiger partial charge < -0.3 is 0 Å². The molecule has 0 radical (unpaired) electrons. The number of nitrogens with zero attached hydrogens (tertiary/aromatic N) is 2. The lowest BCUT2D eigenvalue weighted by molar-refractivity contribution is 0.216. The molecule has 32 heavy (non-hydrogen) atoms. The molecule has 0 N–H and O–H groups in total. The van der Waals surface area contributed by atoms with Gasteiger partial charge in [-0.15, -0.1) is 0 Å². The van der Waals surface area contributed by atoms with Crippen LogP contribution in [0.5, 0.6) is 0 Å². The lowest BCUT2D eigenvalue weighted by Gasteiger charge is -2.38. The third kappa shape index (κ3) is 3.00. The largest absolute Gasteiger partial charge is 0.244 e. The van der Waals surface area contributed by atoms with E-state index in [0.717, 1.165) is 57.2 Å². The standard InChI is InChI=1S/C30H28N2/c1-3-7-21(8-4-1)29-30(22-9-5-2-6-10-22)32-28-18-26-24-15-20(16-24)13-19-11-12-23(14-19)25(26)17-27(28)31-29/h1-10,17-20,23-24H,11-16H2. The second-order valence-electron chi connectivity index (χ2n) is 10.3. The maximum Gasteiger partial charge on any atom is 0.0973 e. The molecule has 2 nitrogen and oxygen atoms in total. The molecule has 158 valence electrons. The Labute approximate surface area is 189 Å². The Balaban J connectivity index is 1.46. The van der Waals surface area contributed by atoms with Gasteiger partial charge in [0, 0.05) is 11.1 Å². The highest BCUT2D eigenvalue weighted by molar-refractivity contribution is 5.87. The summed E-state index contributed by atoms with van der Waals surface area (Å²) in [5, 5.41) is 0. The van der Waals surface area contributed by atoms with Crippen molar-refractivity contribution in [1.82, 2.24) is 9.97 Å². The maximum atomic E-state index is 5.27. The number of aromatic nitrogens is 2. The van der Waals surface area contributed by atoms with Crippen LogP contribution in [0.25, 0.3) is 33.5 Å². The van der Waals surface area contributed by atoms with Gasteiger partial charge in [-0.3, -0.25) is 0 Å². The Kier molecular flexibility index (Phi) is 4.21. The van der Waals surface area contributed by atoms with E-state index in [2.05, 4.69) is 72.8 Å². The van der Waals surface area contributed by atoms with E-state index < -0.39 is 0 Å². The Hall–Kier alpha value is -3.00. The highest BCUT2D eigenvalue weighted by atomic mass is 14.8. The van der Waals surface area contributed by atoms with Crippen LogP contribution in [0.4, 0.5) is 0 Å². The predicted molar refractivity (Wildman–Crippen MR) is 131 cm³/mol. The molecule has 2 unspecified atom stereocenters. The summed E-state index contributed by atoms with van der Waals surface area (Å²) < 4.78 is 0. The van der Waals surface area contributed by atoms with Crippen molar-refractivity contribution < 1.29 is 0 Å². The summed E-state index contributed by atoms with van der Waals surface area (Å²) in [6, 6.07) is 25.9. The number of fused-ring (bicyclic) bond motifs is 1. The van der Waals surface area contributed by atoms with Crippen LogP contribution < -0.4 is 0 Å². The average Bonchev–Trinajstić information content (AvgIpc) is 3.32. The van der Waals surface area contributed by atoms with Crippen molar-refractivity contribution in [1.29, 1.82) is 0 Å². The maximum absolute atomic E-state index is 5.27. The quantitative estimate of drug-likeness (QED) is 0.334. The molecule has 2 saturated carbocycles. The zero-order chi connectivity index (χ0) is 21.1. The summed E-state index contributed by atoms with van der Waals surface area (Å²) in [5.41, 5.74) is 9.52.